The quantitative estimate of drug-likeness (QED) is 0.0917. The van der Waals surface area contributed by atoms with Crippen LogP contribution in [0, 0.1) is 0 Å². The van der Waals surface area contributed by atoms with E-state index in [1.807, 2.05) is 0 Å². The lowest BCUT2D eigenvalue weighted by atomic mass is 10.0. The summed E-state index contributed by atoms with van der Waals surface area (Å²) in [5.74, 6) is -0.788. The zero-order valence-electron chi connectivity index (χ0n) is 19.9. The second-order valence-electron chi connectivity index (χ2n) is 7.66. The first-order valence-corrected chi connectivity index (χ1v) is 19.6. The van der Waals surface area contributed by atoms with Crippen LogP contribution in [0.4, 0.5) is 0 Å². The van der Waals surface area contributed by atoms with E-state index in [0.717, 1.165) is 0 Å². The van der Waals surface area contributed by atoms with Crippen LogP contribution < -0.4 is 0 Å². The molecule has 0 spiro atoms. The molecule has 0 bridgehead atoms. The van der Waals surface area contributed by atoms with Crippen molar-refractivity contribution in [3.63, 3.8) is 0 Å². The van der Waals surface area contributed by atoms with E-state index in [4.69, 9.17) is 14.5 Å². The number of phosphoric acid groups is 5. The number of hydrogen-bond acceptors (Lipinski definition) is 16. The minimum Gasteiger partial charge on any atom is -0.387 e. The van der Waals surface area contributed by atoms with Crippen molar-refractivity contribution in [2.24, 2.45) is 0 Å². The van der Waals surface area contributed by atoms with Gasteiger partial charge >= 0.3 is 46.7 Å². The third-order valence-corrected chi connectivity index (χ3v) is 13.3. The first-order valence-electron chi connectivity index (χ1n) is 10.1. The molecule has 0 radical (unpaired) electrons. The lowest BCUT2D eigenvalue weighted by molar-refractivity contribution is -0.0159. The lowest BCUT2D eigenvalue weighted by Gasteiger charge is -2.21. The van der Waals surface area contributed by atoms with Crippen LogP contribution in [0.2, 0.25) is 0 Å². The van der Waals surface area contributed by atoms with Crippen molar-refractivity contribution in [1.82, 2.24) is 0 Å². The zero-order chi connectivity index (χ0) is 31.7. The van der Waals surface area contributed by atoms with Crippen molar-refractivity contribution in [3.05, 3.63) is 35.9 Å². The predicted octanol–water partition coefficient (Wildman–Crippen LogP) is 0.775. The summed E-state index contributed by atoms with van der Waals surface area (Å²) < 4.78 is 96.9. The summed E-state index contributed by atoms with van der Waals surface area (Å²) >= 11 is 0. The normalized spacial score (nSPS) is 30.1. The number of carbonyl (C=O) groups excluding carboxylic acids is 1. The molecule has 1 aliphatic rings. The molecule has 1 aromatic rings. The third-order valence-electron chi connectivity index (χ3n) is 4.16. The van der Waals surface area contributed by atoms with Crippen LogP contribution >= 0.6 is 46.7 Å². The number of hydrogen-bond donors (Lipinski definition) is 8. The summed E-state index contributed by atoms with van der Waals surface area (Å²) in [5.41, 5.74) is 0.0708. The van der Waals surface area contributed by atoms with Crippen molar-refractivity contribution in [2.75, 3.05) is 13.3 Å². The van der Waals surface area contributed by atoms with Crippen LogP contribution in [0.15, 0.2) is 30.3 Å². The summed E-state index contributed by atoms with van der Waals surface area (Å²) in [7, 11) is -35.6. The number of aliphatic hydroxyl groups is 2. The molecule has 0 amide bonds. The first kappa shape index (κ1) is 36.9. The van der Waals surface area contributed by atoms with Gasteiger partial charge in [-0.05, 0) is 0 Å². The number of aliphatic hydroxyl groups excluding tert-OH is 2. The summed E-state index contributed by atoms with van der Waals surface area (Å²) in [6.07, 6.45) is -7.11. The molecule has 41 heavy (non-hydrogen) atoms. The Kier molecular flexibility index (Phi) is 12.0. The van der Waals surface area contributed by atoms with Crippen LogP contribution in [0.1, 0.15) is 10.4 Å². The van der Waals surface area contributed by atoms with Gasteiger partial charge in [-0.2, -0.15) is 17.2 Å². The average Bonchev–Trinajstić information content (AvgIpc) is 3.01. The Morgan fingerprint density at radius 2 is 1.12 bits per heavy atom. The molecule has 10 unspecified atom stereocenters. The molecular formula is C13H22O22P6. The zero-order valence-corrected chi connectivity index (χ0v) is 25.2. The maximum absolute atomic E-state index is 12.5. The van der Waals surface area contributed by atoms with E-state index in [-0.39, 0.29) is 5.56 Å². The molecule has 236 valence electrons. The number of ketones is 1. The van der Waals surface area contributed by atoms with Gasteiger partial charge in [-0.3, -0.25) is 13.9 Å². The van der Waals surface area contributed by atoms with Crippen molar-refractivity contribution in [2.45, 2.75) is 24.4 Å². The fraction of sp³-hybridized carbons (Fsp3) is 0.462. The van der Waals surface area contributed by atoms with Crippen molar-refractivity contribution in [1.29, 1.82) is 0 Å². The number of benzene rings is 1. The van der Waals surface area contributed by atoms with Crippen LogP contribution in [0.5, 0.6) is 0 Å². The second-order valence-corrected chi connectivity index (χ2v) is 17.5. The van der Waals surface area contributed by atoms with Gasteiger partial charge in [-0.25, -0.2) is 27.1 Å². The number of ether oxygens (including phenoxy) is 1. The molecular weight excluding hydrogens is 694 g/mol. The Labute approximate surface area is 229 Å². The topological polar surface area (TPSA) is 346 Å². The number of phosphoric ester groups is 1. The minimum atomic E-state index is -6.38. The van der Waals surface area contributed by atoms with E-state index in [2.05, 4.69) is 26.1 Å². The van der Waals surface area contributed by atoms with Gasteiger partial charge in [-0.1, -0.05) is 30.3 Å². The first-order chi connectivity index (χ1) is 18.3. The maximum atomic E-state index is 12.5. The van der Waals surface area contributed by atoms with E-state index in [1.165, 1.54) is 24.3 Å². The average molecular weight is 716 g/mol. The molecule has 1 fully saturated rings. The summed E-state index contributed by atoms with van der Waals surface area (Å²) in [6.45, 7) is -0.864. The van der Waals surface area contributed by atoms with E-state index < -0.39 is 83.5 Å². The van der Waals surface area contributed by atoms with Gasteiger partial charge in [0.25, 0.3) is 0 Å². The SMILES string of the molecule is CP(=O)(O)OP(=O)(O)OP(=O)(O)OP(=O)(O)OP(=O)(O)OP(=O)(O)OCC1OC(C(=O)c2ccccc2)C(O)C1O. The van der Waals surface area contributed by atoms with Crippen LogP contribution in [-0.4, -0.2) is 83.0 Å². The van der Waals surface area contributed by atoms with E-state index in [9.17, 15) is 62.0 Å². The highest BCUT2D eigenvalue weighted by Crippen LogP contribution is 2.75. The Hall–Kier alpha value is -0.330. The fourth-order valence-corrected chi connectivity index (χ4v) is 10.6. The van der Waals surface area contributed by atoms with Crippen molar-refractivity contribution >= 4 is 52.5 Å². The number of rotatable bonds is 15. The molecule has 1 aliphatic heterocycles. The Bertz CT molecular complexity index is 1390. The predicted molar refractivity (Wildman–Crippen MR) is 128 cm³/mol. The summed E-state index contributed by atoms with van der Waals surface area (Å²) in [6, 6.07) is 7.29. The molecule has 1 aromatic carbocycles. The highest BCUT2D eigenvalue weighted by atomic mass is 31.3. The van der Waals surface area contributed by atoms with Crippen molar-refractivity contribution < 1.29 is 103 Å². The van der Waals surface area contributed by atoms with Gasteiger partial charge in [0.05, 0.1) is 6.61 Å². The summed E-state index contributed by atoms with van der Waals surface area (Å²) in [5, 5.41) is 20.2. The van der Waals surface area contributed by atoms with Gasteiger partial charge in [0.2, 0.25) is 0 Å². The Balaban J connectivity index is 2.00. The lowest BCUT2D eigenvalue weighted by Crippen LogP contribution is -2.37. The molecule has 2 rings (SSSR count). The van der Waals surface area contributed by atoms with Crippen molar-refractivity contribution in [3.8, 4) is 0 Å². The molecule has 10 atom stereocenters. The standard InChI is InChI=1S/C13H22O22P6/c1-36(17,18)31-38(21,22)33-40(25,26)35-41(27,28)34-39(23,24)32-37(19,20)29-7-9-11(15)12(16)13(30-9)10(14)8-5-3-2-4-6-8/h2-6,9,11-13,15-16H,7H2,1H3,(H,17,18)(H,19,20)(H,21,22)(H,23,24)(H,25,26)(H,27,28). The van der Waals surface area contributed by atoms with E-state index in [1.54, 1.807) is 6.07 Å². The monoisotopic (exact) mass is 716 g/mol. The maximum Gasteiger partial charge on any atom is 0.490 e. The fourth-order valence-electron chi connectivity index (χ4n) is 2.83. The highest BCUT2D eigenvalue weighted by Gasteiger charge is 2.50. The molecule has 1 heterocycles. The number of carbonyl (C=O) groups is 1. The van der Waals surface area contributed by atoms with Gasteiger partial charge in [-0.15, -0.1) is 0 Å². The molecule has 22 nitrogen and oxygen atoms in total. The summed E-state index contributed by atoms with van der Waals surface area (Å²) in [4.78, 5) is 68.3. The molecule has 0 saturated carbocycles. The highest BCUT2D eigenvalue weighted by molar-refractivity contribution is 7.72. The molecule has 0 aliphatic carbocycles. The van der Waals surface area contributed by atoms with Gasteiger partial charge in [0, 0.05) is 12.2 Å². The molecule has 28 heteroatoms. The molecule has 8 N–H and O–H groups in total. The van der Waals surface area contributed by atoms with E-state index in [0.29, 0.717) is 6.66 Å². The largest absolute Gasteiger partial charge is 0.490 e. The van der Waals surface area contributed by atoms with E-state index >= 15 is 0 Å². The van der Waals surface area contributed by atoms with Crippen LogP contribution in [0.25, 0.3) is 0 Å². The van der Waals surface area contributed by atoms with Gasteiger partial charge < -0.3 is 44.3 Å². The Morgan fingerprint density at radius 1 is 0.707 bits per heavy atom. The van der Waals surface area contributed by atoms with Crippen LogP contribution in [0.3, 0.4) is 0 Å². The minimum absolute atomic E-state index is 0.0708. The third kappa shape index (κ3) is 12.3. The smallest absolute Gasteiger partial charge is 0.387 e. The molecule has 0 aromatic heterocycles. The Morgan fingerprint density at radius 3 is 1.56 bits per heavy atom. The second kappa shape index (κ2) is 13.3. The van der Waals surface area contributed by atoms with Gasteiger partial charge in [0.1, 0.15) is 24.4 Å². The van der Waals surface area contributed by atoms with Gasteiger partial charge in [0.15, 0.2) is 5.78 Å². The van der Waals surface area contributed by atoms with Crippen LogP contribution in [-0.2, 0) is 58.2 Å². The number of Topliss-reactive ketones (excluding diaryl/α,β-unsaturated/α-hetero) is 1. The molecule has 1 saturated heterocycles.